The van der Waals surface area contributed by atoms with Crippen molar-refractivity contribution in [1.82, 2.24) is 19.6 Å². The first-order valence-electron chi connectivity index (χ1n) is 10.8. The number of imidazole rings is 1. The van der Waals surface area contributed by atoms with Gasteiger partial charge in [-0.3, -0.25) is 4.79 Å². The molecule has 0 saturated heterocycles. The minimum absolute atomic E-state index is 0.138. The molecule has 4 aromatic rings. The van der Waals surface area contributed by atoms with Crippen LogP contribution < -0.4 is 10.1 Å². The number of aromatic nitrogens is 2. The van der Waals surface area contributed by atoms with E-state index in [-0.39, 0.29) is 17.8 Å². The lowest BCUT2D eigenvalue weighted by atomic mass is 10.1. The molecule has 0 saturated carbocycles. The van der Waals surface area contributed by atoms with E-state index >= 15 is 0 Å². The second-order valence-corrected chi connectivity index (χ2v) is 8.26. The number of aryl methyl sites for hydroxylation is 1. The van der Waals surface area contributed by atoms with Gasteiger partial charge in [-0.2, -0.15) is 0 Å². The summed E-state index contributed by atoms with van der Waals surface area (Å²) in [6.07, 6.45) is 3.97. The molecule has 1 N–H and O–H groups in total. The van der Waals surface area contributed by atoms with E-state index in [0.717, 1.165) is 22.5 Å². The summed E-state index contributed by atoms with van der Waals surface area (Å²) < 4.78 is 21.4. The molecule has 1 unspecified atom stereocenters. The monoisotopic (exact) mass is 446 g/mol. The van der Waals surface area contributed by atoms with Crippen LogP contribution in [0.25, 0.3) is 5.65 Å². The number of likely N-dealkylation sites (N-methyl/N-ethyl adjacent to an activating group) is 1. The average molecular weight is 447 g/mol. The van der Waals surface area contributed by atoms with Gasteiger partial charge in [0.15, 0.2) is 0 Å². The van der Waals surface area contributed by atoms with Crippen molar-refractivity contribution in [2.24, 2.45) is 0 Å². The van der Waals surface area contributed by atoms with Crippen molar-refractivity contribution in [3.05, 3.63) is 101 Å². The lowest BCUT2D eigenvalue weighted by Gasteiger charge is -2.25. The maximum Gasteiger partial charge on any atom is 0.251 e. The van der Waals surface area contributed by atoms with E-state index in [1.165, 1.54) is 12.1 Å². The standard InChI is InChI=1S/C26H27FN4O2/c1-18-7-12-25-29-22(16-31(25)15-18)17-33-23-10-8-19(9-11-23)26(32)28-14-24(30(2)3)20-5-4-6-21(27)13-20/h4-13,15-16,24H,14,17H2,1-3H3,(H,28,32). The fourth-order valence-corrected chi connectivity index (χ4v) is 3.69. The molecule has 1 atom stereocenters. The lowest BCUT2D eigenvalue weighted by Crippen LogP contribution is -2.34. The van der Waals surface area contributed by atoms with Crippen LogP contribution in [0.4, 0.5) is 4.39 Å². The summed E-state index contributed by atoms with van der Waals surface area (Å²) in [5.41, 5.74) is 4.21. The zero-order valence-corrected chi connectivity index (χ0v) is 19.0. The van der Waals surface area contributed by atoms with E-state index in [9.17, 15) is 9.18 Å². The predicted molar refractivity (Wildman–Crippen MR) is 126 cm³/mol. The molecule has 33 heavy (non-hydrogen) atoms. The number of rotatable bonds is 8. The molecular formula is C26H27FN4O2. The maximum atomic E-state index is 13.6. The SMILES string of the molecule is Cc1ccc2nc(COc3ccc(C(=O)NCC(c4cccc(F)c4)N(C)C)cc3)cn2c1. The van der Waals surface area contributed by atoms with Crippen molar-refractivity contribution in [2.45, 2.75) is 19.6 Å². The molecule has 0 spiro atoms. The van der Waals surface area contributed by atoms with E-state index in [0.29, 0.717) is 24.5 Å². The predicted octanol–water partition coefficient (Wildman–Crippen LogP) is 4.39. The molecule has 1 amide bonds. The summed E-state index contributed by atoms with van der Waals surface area (Å²) in [6.45, 7) is 2.74. The van der Waals surface area contributed by atoms with E-state index < -0.39 is 0 Å². The van der Waals surface area contributed by atoms with Gasteiger partial charge >= 0.3 is 0 Å². The minimum Gasteiger partial charge on any atom is -0.487 e. The Morgan fingerprint density at radius 3 is 2.64 bits per heavy atom. The highest BCUT2D eigenvalue weighted by molar-refractivity contribution is 5.94. The molecule has 0 aliphatic carbocycles. The Morgan fingerprint density at radius 1 is 1.12 bits per heavy atom. The highest BCUT2D eigenvalue weighted by Gasteiger charge is 2.16. The topological polar surface area (TPSA) is 58.9 Å². The van der Waals surface area contributed by atoms with Gasteiger partial charge in [-0.1, -0.05) is 18.2 Å². The molecule has 4 rings (SSSR count). The third-order valence-electron chi connectivity index (χ3n) is 5.46. The lowest BCUT2D eigenvalue weighted by molar-refractivity contribution is 0.0942. The van der Waals surface area contributed by atoms with E-state index in [1.54, 1.807) is 30.3 Å². The fraction of sp³-hybridized carbons (Fsp3) is 0.231. The van der Waals surface area contributed by atoms with E-state index in [1.807, 2.05) is 60.9 Å². The van der Waals surface area contributed by atoms with Crippen LogP contribution >= 0.6 is 0 Å². The van der Waals surface area contributed by atoms with Crippen LogP contribution in [0.1, 0.15) is 33.2 Å². The van der Waals surface area contributed by atoms with Gasteiger partial charge in [-0.15, -0.1) is 0 Å². The highest BCUT2D eigenvalue weighted by atomic mass is 19.1. The highest BCUT2D eigenvalue weighted by Crippen LogP contribution is 2.19. The number of hydrogen-bond acceptors (Lipinski definition) is 4. The molecule has 0 aliphatic rings. The molecule has 7 heteroatoms. The molecule has 0 aliphatic heterocycles. The summed E-state index contributed by atoms with van der Waals surface area (Å²) in [5.74, 6) is 0.172. The number of hydrogen-bond donors (Lipinski definition) is 1. The average Bonchev–Trinajstić information content (AvgIpc) is 3.20. The number of pyridine rings is 1. The van der Waals surface area contributed by atoms with Gasteiger partial charge in [-0.05, 0) is 74.6 Å². The second kappa shape index (κ2) is 9.83. The first-order chi connectivity index (χ1) is 15.9. The summed E-state index contributed by atoms with van der Waals surface area (Å²) in [7, 11) is 3.80. The quantitative estimate of drug-likeness (QED) is 0.436. The zero-order valence-electron chi connectivity index (χ0n) is 19.0. The normalized spacial score (nSPS) is 12.2. The van der Waals surface area contributed by atoms with Crippen molar-refractivity contribution in [3.8, 4) is 5.75 Å². The van der Waals surface area contributed by atoms with Crippen LogP contribution in [-0.2, 0) is 6.61 Å². The third-order valence-corrected chi connectivity index (χ3v) is 5.46. The van der Waals surface area contributed by atoms with Crippen molar-refractivity contribution < 1.29 is 13.9 Å². The third kappa shape index (κ3) is 5.56. The number of ether oxygens (including phenoxy) is 1. The number of carbonyl (C=O) groups excluding carboxylic acids is 1. The summed E-state index contributed by atoms with van der Waals surface area (Å²) in [5, 5.41) is 2.94. The van der Waals surface area contributed by atoms with Gasteiger partial charge in [0.25, 0.3) is 5.91 Å². The first-order valence-corrected chi connectivity index (χ1v) is 10.8. The largest absolute Gasteiger partial charge is 0.487 e. The summed E-state index contributed by atoms with van der Waals surface area (Å²) >= 11 is 0. The van der Waals surface area contributed by atoms with Crippen LogP contribution in [0.3, 0.4) is 0 Å². The maximum absolute atomic E-state index is 13.6. The van der Waals surface area contributed by atoms with Gasteiger partial charge in [0.2, 0.25) is 0 Å². The number of carbonyl (C=O) groups is 1. The molecule has 2 heterocycles. The summed E-state index contributed by atoms with van der Waals surface area (Å²) in [6, 6.07) is 17.3. The molecule has 0 bridgehead atoms. The second-order valence-electron chi connectivity index (χ2n) is 8.26. The number of amides is 1. The Hall–Kier alpha value is -3.71. The number of halogens is 1. The molecule has 2 aromatic heterocycles. The Balaban J connectivity index is 1.34. The molecule has 6 nitrogen and oxygen atoms in total. The Morgan fingerprint density at radius 2 is 1.91 bits per heavy atom. The molecule has 0 fully saturated rings. The number of nitrogens with zero attached hydrogens (tertiary/aromatic N) is 3. The number of fused-ring (bicyclic) bond motifs is 1. The van der Waals surface area contributed by atoms with Gasteiger partial charge in [0.05, 0.1) is 11.7 Å². The van der Waals surface area contributed by atoms with Crippen LogP contribution in [0.2, 0.25) is 0 Å². The van der Waals surface area contributed by atoms with Crippen molar-refractivity contribution in [1.29, 1.82) is 0 Å². The smallest absolute Gasteiger partial charge is 0.251 e. The minimum atomic E-state index is -0.292. The fourth-order valence-electron chi connectivity index (χ4n) is 3.69. The number of benzene rings is 2. The van der Waals surface area contributed by atoms with E-state index in [2.05, 4.69) is 10.3 Å². The molecule has 0 radical (unpaired) electrons. The van der Waals surface area contributed by atoms with Gasteiger partial charge in [-0.25, -0.2) is 9.37 Å². The molecule has 170 valence electrons. The Labute approximate surface area is 192 Å². The Bertz CT molecular complexity index is 1250. The zero-order chi connectivity index (χ0) is 23.4. The van der Waals surface area contributed by atoms with E-state index in [4.69, 9.17) is 4.74 Å². The van der Waals surface area contributed by atoms with Crippen molar-refractivity contribution in [2.75, 3.05) is 20.6 Å². The van der Waals surface area contributed by atoms with Crippen molar-refractivity contribution in [3.63, 3.8) is 0 Å². The van der Waals surface area contributed by atoms with Crippen LogP contribution in [-0.4, -0.2) is 40.8 Å². The Kier molecular flexibility index (Phi) is 6.70. The van der Waals surface area contributed by atoms with Gasteiger partial charge < -0.3 is 19.4 Å². The number of nitrogens with one attached hydrogen (secondary N) is 1. The van der Waals surface area contributed by atoms with Gasteiger partial charge in [0, 0.05) is 24.5 Å². The molecular weight excluding hydrogens is 419 g/mol. The van der Waals surface area contributed by atoms with Crippen LogP contribution in [0.5, 0.6) is 5.75 Å². The van der Waals surface area contributed by atoms with Crippen molar-refractivity contribution >= 4 is 11.6 Å². The molecule has 2 aromatic carbocycles. The van der Waals surface area contributed by atoms with Crippen LogP contribution in [0.15, 0.2) is 73.1 Å². The van der Waals surface area contributed by atoms with Gasteiger partial charge in [0.1, 0.15) is 23.8 Å². The van der Waals surface area contributed by atoms with Crippen LogP contribution in [0, 0.1) is 12.7 Å². The summed E-state index contributed by atoms with van der Waals surface area (Å²) in [4.78, 5) is 19.1. The first kappa shape index (κ1) is 22.5.